The number of nitrogens with two attached hydrogens (primary N) is 1. The van der Waals surface area contributed by atoms with Crippen LogP contribution in [0.25, 0.3) is 0 Å². The van der Waals surface area contributed by atoms with Crippen molar-refractivity contribution in [3.63, 3.8) is 0 Å². The lowest BCUT2D eigenvalue weighted by Gasteiger charge is -2.21. The minimum absolute atomic E-state index is 0.0870. The summed E-state index contributed by atoms with van der Waals surface area (Å²) in [6, 6.07) is 15.6. The number of amidine groups is 1. The Kier molecular flexibility index (Phi) is 4.25. The van der Waals surface area contributed by atoms with Gasteiger partial charge in [0, 0.05) is 30.4 Å². The van der Waals surface area contributed by atoms with Crippen molar-refractivity contribution in [2.75, 3.05) is 19.1 Å². The van der Waals surface area contributed by atoms with Crippen molar-refractivity contribution in [2.24, 2.45) is 5.73 Å². The molecule has 0 aliphatic carbocycles. The Morgan fingerprint density at radius 3 is 2.40 bits per heavy atom. The quantitative estimate of drug-likeness (QED) is 0.648. The first kappa shape index (κ1) is 13.9. The second kappa shape index (κ2) is 6.10. The predicted molar refractivity (Wildman–Crippen MR) is 82.6 cm³/mol. The maximum Gasteiger partial charge on any atom is 0.123 e. The van der Waals surface area contributed by atoms with Crippen molar-refractivity contribution in [3.8, 4) is 5.75 Å². The fraction of sp³-hybridized carbons (Fsp3) is 0.188. The molecule has 0 atom stereocenters. The van der Waals surface area contributed by atoms with Crippen LogP contribution in [0.15, 0.2) is 48.5 Å². The van der Waals surface area contributed by atoms with Crippen LogP contribution in [0.5, 0.6) is 5.75 Å². The molecule has 0 unspecified atom stereocenters. The lowest BCUT2D eigenvalue weighted by Crippen LogP contribution is -2.17. The number of hydrogen-bond donors (Lipinski definition) is 2. The molecule has 0 bridgehead atoms. The molecule has 3 N–H and O–H groups in total. The Labute approximate surface area is 119 Å². The van der Waals surface area contributed by atoms with E-state index >= 15 is 0 Å². The van der Waals surface area contributed by atoms with Crippen LogP contribution < -0.4 is 15.4 Å². The molecular weight excluding hydrogens is 250 g/mol. The minimum Gasteiger partial charge on any atom is -0.496 e. The molecule has 2 rings (SSSR count). The van der Waals surface area contributed by atoms with Crippen LogP contribution >= 0.6 is 0 Å². The average molecular weight is 269 g/mol. The summed E-state index contributed by atoms with van der Waals surface area (Å²) < 4.78 is 5.36. The van der Waals surface area contributed by atoms with Gasteiger partial charge in [0.1, 0.15) is 11.6 Å². The maximum absolute atomic E-state index is 7.39. The van der Waals surface area contributed by atoms with Crippen LogP contribution in [0.3, 0.4) is 0 Å². The fourth-order valence-electron chi connectivity index (χ4n) is 2.08. The van der Waals surface area contributed by atoms with Gasteiger partial charge in [0.05, 0.1) is 7.11 Å². The van der Waals surface area contributed by atoms with Crippen molar-refractivity contribution < 1.29 is 4.74 Å². The molecule has 0 amide bonds. The molecule has 104 valence electrons. The molecule has 2 aromatic rings. The summed E-state index contributed by atoms with van der Waals surface area (Å²) in [5.41, 5.74) is 8.39. The van der Waals surface area contributed by atoms with E-state index in [9.17, 15) is 0 Å². The van der Waals surface area contributed by atoms with E-state index in [-0.39, 0.29) is 5.84 Å². The molecule has 4 heteroatoms. The second-order valence-corrected chi connectivity index (χ2v) is 4.63. The summed E-state index contributed by atoms with van der Waals surface area (Å²) in [6.45, 7) is 0.753. The van der Waals surface area contributed by atoms with E-state index in [1.807, 2.05) is 49.5 Å². The Balaban J connectivity index is 2.15. The Bertz CT molecular complexity index is 593. The first-order chi connectivity index (χ1) is 9.61. The van der Waals surface area contributed by atoms with Crippen LogP contribution in [0.2, 0.25) is 0 Å². The van der Waals surface area contributed by atoms with E-state index in [4.69, 9.17) is 15.9 Å². The van der Waals surface area contributed by atoms with Gasteiger partial charge in [0.25, 0.3) is 0 Å². The number of hydrogen-bond acceptors (Lipinski definition) is 3. The molecule has 0 saturated carbocycles. The van der Waals surface area contributed by atoms with Crippen LogP contribution in [0, 0.1) is 5.41 Å². The van der Waals surface area contributed by atoms with E-state index < -0.39 is 0 Å². The number of methoxy groups -OCH3 is 1. The Hall–Kier alpha value is -2.49. The summed E-state index contributed by atoms with van der Waals surface area (Å²) in [7, 11) is 3.70. The highest BCUT2D eigenvalue weighted by Gasteiger charge is 2.07. The number of para-hydroxylation sites is 1. The molecule has 0 radical (unpaired) electrons. The lowest BCUT2D eigenvalue weighted by molar-refractivity contribution is 0.409. The molecule has 0 aliphatic rings. The highest BCUT2D eigenvalue weighted by atomic mass is 16.5. The third-order valence-corrected chi connectivity index (χ3v) is 3.22. The summed E-state index contributed by atoms with van der Waals surface area (Å²) in [5, 5.41) is 7.39. The van der Waals surface area contributed by atoms with Crippen molar-refractivity contribution >= 4 is 11.5 Å². The minimum atomic E-state index is 0.0870. The molecule has 0 fully saturated rings. The molecule has 0 heterocycles. The summed E-state index contributed by atoms with van der Waals surface area (Å²) in [6.07, 6.45) is 0. The first-order valence-corrected chi connectivity index (χ1v) is 6.39. The van der Waals surface area contributed by atoms with Gasteiger partial charge in [-0.25, -0.2) is 0 Å². The van der Waals surface area contributed by atoms with Crippen molar-refractivity contribution in [1.29, 1.82) is 5.41 Å². The Morgan fingerprint density at radius 1 is 1.15 bits per heavy atom. The van der Waals surface area contributed by atoms with Crippen LogP contribution in [-0.2, 0) is 6.54 Å². The lowest BCUT2D eigenvalue weighted by atomic mass is 10.1. The van der Waals surface area contributed by atoms with Gasteiger partial charge in [-0.2, -0.15) is 0 Å². The Morgan fingerprint density at radius 2 is 1.80 bits per heavy atom. The van der Waals surface area contributed by atoms with E-state index in [0.717, 1.165) is 29.1 Å². The zero-order chi connectivity index (χ0) is 14.5. The number of nitrogen functional groups attached to an aromatic ring is 1. The molecule has 2 aromatic carbocycles. The SMILES string of the molecule is COc1ccccc1CN(C)c1ccc(C(=N)N)cc1. The normalized spacial score (nSPS) is 10.1. The van der Waals surface area contributed by atoms with E-state index in [0.29, 0.717) is 0 Å². The molecule has 0 aromatic heterocycles. The number of nitrogens with one attached hydrogen (secondary N) is 1. The molecule has 0 spiro atoms. The molecule has 20 heavy (non-hydrogen) atoms. The van der Waals surface area contributed by atoms with E-state index in [2.05, 4.69) is 11.0 Å². The number of anilines is 1. The first-order valence-electron chi connectivity index (χ1n) is 6.39. The molecule has 4 nitrogen and oxygen atoms in total. The van der Waals surface area contributed by atoms with Crippen LogP contribution in [0.1, 0.15) is 11.1 Å². The van der Waals surface area contributed by atoms with Gasteiger partial charge in [-0.15, -0.1) is 0 Å². The van der Waals surface area contributed by atoms with Crippen LogP contribution in [0.4, 0.5) is 5.69 Å². The van der Waals surface area contributed by atoms with Gasteiger partial charge < -0.3 is 15.4 Å². The third-order valence-electron chi connectivity index (χ3n) is 3.22. The molecule has 0 aliphatic heterocycles. The second-order valence-electron chi connectivity index (χ2n) is 4.63. The summed E-state index contributed by atoms with van der Waals surface area (Å²) >= 11 is 0. The monoisotopic (exact) mass is 269 g/mol. The summed E-state index contributed by atoms with van der Waals surface area (Å²) in [4.78, 5) is 2.13. The standard InChI is InChI=1S/C16H19N3O/c1-19(11-13-5-3-4-6-15(13)20-2)14-9-7-12(8-10-14)16(17)18/h3-10H,11H2,1-2H3,(H3,17,18). The van der Waals surface area contributed by atoms with Gasteiger partial charge in [-0.3, -0.25) is 5.41 Å². The topological polar surface area (TPSA) is 62.3 Å². The zero-order valence-electron chi connectivity index (χ0n) is 11.8. The van der Waals surface area contributed by atoms with Gasteiger partial charge in [-0.1, -0.05) is 18.2 Å². The van der Waals surface area contributed by atoms with Crippen molar-refractivity contribution in [2.45, 2.75) is 6.54 Å². The number of benzene rings is 2. The van der Waals surface area contributed by atoms with E-state index in [1.165, 1.54) is 0 Å². The molecule has 0 saturated heterocycles. The zero-order valence-corrected chi connectivity index (χ0v) is 11.8. The third kappa shape index (κ3) is 3.09. The van der Waals surface area contributed by atoms with Gasteiger partial charge >= 0.3 is 0 Å². The van der Waals surface area contributed by atoms with Gasteiger partial charge in [0.15, 0.2) is 0 Å². The highest BCUT2D eigenvalue weighted by Crippen LogP contribution is 2.22. The van der Waals surface area contributed by atoms with Crippen molar-refractivity contribution in [3.05, 3.63) is 59.7 Å². The summed E-state index contributed by atoms with van der Waals surface area (Å²) in [5.74, 6) is 0.976. The number of rotatable bonds is 5. The van der Waals surface area contributed by atoms with Gasteiger partial charge in [0.2, 0.25) is 0 Å². The number of nitrogens with zero attached hydrogens (tertiary/aromatic N) is 1. The smallest absolute Gasteiger partial charge is 0.123 e. The highest BCUT2D eigenvalue weighted by molar-refractivity contribution is 5.95. The maximum atomic E-state index is 7.39. The van der Waals surface area contributed by atoms with Gasteiger partial charge in [-0.05, 0) is 30.3 Å². The van der Waals surface area contributed by atoms with Crippen LogP contribution in [-0.4, -0.2) is 20.0 Å². The average Bonchev–Trinajstić information content (AvgIpc) is 2.48. The largest absolute Gasteiger partial charge is 0.496 e. The van der Waals surface area contributed by atoms with Crippen molar-refractivity contribution in [1.82, 2.24) is 0 Å². The van der Waals surface area contributed by atoms with E-state index in [1.54, 1.807) is 7.11 Å². The number of ether oxygens (including phenoxy) is 1. The predicted octanol–water partition coefficient (Wildman–Crippen LogP) is 2.62. The fourth-order valence-corrected chi connectivity index (χ4v) is 2.08. The molecular formula is C16H19N3O.